The van der Waals surface area contributed by atoms with Crippen LogP contribution in [-0.2, 0) is 32.6 Å². The second-order valence-electron chi connectivity index (χ2n) is 11.7. The van der Waals surface area contributed by atoms with Gasteiger partial charge < -0.3 is 19.7 Å². The van der Waals surface area contributed by atoms with Crippen LogP contribution in [0.25, 0.3) is 0 Å². The molecule has 1 atom stereocenters. The van der Waals surface area contributed by atoms with Crippen molar-refractivity contribution in [3.8, 4) is 11.5 Å². The van der Waals surface area contributed by atoms with Crippen LogP contribution in [0.5, 0.6) is 11.5 Å². The predicted octanol–water partition coefficient (Wildman–Crippen LogP) is 6.36. The molecule has 2 amide bonds. The number of hydrogen-bond donors (Lipinski definition) is 1. The van der Waals surface area contributed by atoms with E-state index < -0.39 is 28.5 Å². The highest BCUT2D eigenvalue weighted by atomic mass is 79.9. The molecule has 4 aromatic rings. The Hall–Kier alpha value is -4.35. The topological polar surface area (TPSA) is 105 Å². The van der Waals surface area contributed by atoms with E-state index in [1.807, 2.05) is 54.6 Å². The summed E-state index contributed by atoms with van der Waals surface area (Å²) in [6.45, 7) is -0.444. The molecule has 5 rings (SSSR count). The van der Waals surface area contributed by atoms with Crippen LogP contribution < -0.4 is 19.1 Å². The number of sulfonamides is 1. The number of ether oxygens (including phenoxy) is 2. The molecule has 0 heterocycles. The van der Waals surface area contributed by atoms with Gasteiger partial charge in [0.2, 0.25) is 11.8 Å². The highest BCUT2D eigenvalue weighted by Crippen LogP contribution is 2.32. The fourth-order valence-electron chi connectivity index (χ4n) is 5.94. The Balaban J connectivity index is 1.56. The van der Waals surface area contributed by atoms with Crippen LogP contribution in [0.4, 0.5) is 5.69 Å². The zero-order chi connectivity index (χ0) is 34.1. The van der Waals surface area contributed by atoms with E-state index in [-0.39, 0.29) is 35.6 Å². The Labute approximate surface area is 291 Å². The minimum Gasteiger partial charge on any atom is -0.493 e. The van der Waals surface area contributed by atoms with Crippen molar-refractivity contribution in [1.82, 2.24) is 10.2 Å². The van der Waals surface area contributed by atoms with E-state index in [1.54, 1.807) is 30.3 Å². The first-order chi connectivity index (χ1) is 23.2. The maximum atomic E-state index is 14.7. The number of hydrogen-bond acceptors (Lipinski definition) is 6. The third kappa shape index (κ3) is 8.56. The van der Waals surface area contributed by atoms with Gasteiger partial charge in [-0.1, -0.05) is 89.4 Å². The van der Waals surface area contributed by atoms with Crippen LogP contribution in [0.1, 0.15) is 36.8 Å². The van der Waals surface area contributed by atoms with E-state index in [2.05, 4.69) is 21.2 Å². The molecule has 0 spiro atoms. The maximum Gasteiger partial charge on any atom is 0.264 e. The molecule has 0 aromatic heterocycles. The molecule has 4 aromatic carbocycles. The smallest absolute Gasteiger partial charge is 0.264 e. The number of carbonyl (C=O) groups excluding carboxylic acids is 2. The molecule has 9 nitrogen and oxygen atoms in total. The summed E-state index contributed by atoms with van der Waals surface area (Å²) in [6.07, 6.45) is 4.10. The van der Waals surface area contributed by atoms with Gasteiger partial charge in [0.25, 0.3) is 10.0 Å². The molecule has 1 aliphatic carbocycles. The lowest BCUT2D eigenvalue weighted by Crippen LogP contribution is -2.54. The first-order valence-corrected chi connectivity index (χ1v) is 18.1. The van der Waals surface area contributed by atoms with Gasteiger partial charge in [0.15, 0.2) is 11.5 Å². The van der Waals surface area contributed by atoms with Gasteiger partial charge in [-0.3, -0.25) is 13.9 Å². The Morgan fingerprint density at radius 1 is 0.833 bits per heavy atom. The number of rotatable bonds is 14. The quantitative estimate of drug-likeness (QED) is 0.162. The van der Waals surface area contributed by atoms with E-state index in [1.165, 1.54) is 37.3 Å². The summed E-state index contributed by atoms with van der Waals surface area (Å²) in [5.74, 6) is -0.170. The van der Waals surface area contributed by atoms with E-state index >= 15 is 0 Å². The van der Waals surface area contributed by atoms with Crippen molar-refractivity contribution in [3.05, 3.63) is 119 Å². The summed E-state index contributed by atoms with van der Waals surface area (Å²) < 4.78 is 41.4. The fourth-order valence-corrected chi connectivity index (χ4v) is 7.63. The van der Waals surface area contributed by atoms with Gasteiger partial charge in [-0.15, -0.1) is 0 Å². The SMILES string of the molecule is COc1ccc(S(=O)(=O)N(CC(=O)N(Cc2ccc(Br)cc2)C(Cc2ccccc2)C(=O)NC2CCCC2)c2ccccc2)cc1OC. The summed E-state index contributed by atoms with van der Waals surface area (Å²) in [5, 5.41) is 3.20. The predicted molar refractivity (Wildman–Crippen MR) is 190 cm³/mol. The van der Waals surface area contributed by atoms with Gasteiger partial charge >= 0.3 is 0 Å². The Kier molecular flexibility index (Phi) is 11.8. The number of methoxy groups -OCH3 is 2. The summed E-state index contributed by atoms with van der Waals surface area (Å²) in [7, 11) is -1.40. The lowest BCUT2D eigenvalue weighted by atomic mass is 10.0. The van der Waals surface area contributed by atoms with Crippen LogP contribution in [-0.4, -0.2) is 58.0 Å². The average Bonchev–Trinajstić information content (AvgIpc) is 3.62. The molecule has 1 fully saturated rings. The van der Waals surface area contributed by atoms with Gasteiger partial charge in [0.05, 0.1) is 24.8 Å². The monoisotopic (exact) mass is 733 g/mol. The number of nitrogens with zero attached hydrogens (tertiary/aromatic N) is 2. The second kappa shape index (κ2) is 16.2. The molecule has 0 radical (unpaired) electrons. The molecule has 48 heavy (non-hydrogen) atoms. The number of halogens is 1. The van der Waals surface area contributed by atoms with E-state index in [0.717, 1.165) is 45.6 Å². The third-order valence-corrected chi connectivity index (χ3v) is 10.8. The molecule has 0 saturated heterocycles. The molecule has 1 aliphatic rings. The second-order valence-corrected chi connectivity index (χ2v) is 14.5. The molecule has 1 N–H and O–H groups in total. The standard InChI is InChI=1S/C37H40BrN3O6S/c1-46-34-22-21-32(24-35(34)47-2)48(44,45)41(31-15-7-4-8-16-31)26-36(42)40(25-28-17-19-29(38)20-18-28)33(23-27-11-5-3-6-12-27)37(43)39-30-13-9-10-14-30/h3-8,11-12,15-22,24,30,33H,9-10,13-14,23,25-26H2,1-2H3,(H,39,43). The molecule has 252 valence electrons. The summed E-state index contributed by atoms with van der Waals surface area (Å²) in [6, 6.07) is 29.0. The van der Waals surface area contributed by atoms with Gasteiger partial charge in [0, 0.05) is 29.5 Å². The Morgan fingerprint density at radius 2 is 1.46 bits per heavy atom. The highest BCUT2D eigenvalue weighted by Gasteiger charge is 2.35. The number of anilines is 1. The first-order valence-electron chi connectivity index (χ1n) is 15.9. The van der Waals surface area contributed by atoms with Crippen molar-refractivity contribution >= 4 is 43.5 Å². The zero-order valence-corrected chi connectivity index (χ0v) is 29.5. The largest absolute Gasteiger partial charge is 0.493 e. The van der Waals surface area contributed by atoms with Gasteiger partial charge in [-0.05, 0) is 60.4 Å². The number of carbonyl (C=O) groups is 2. The van der Waals surface area contributed by atoms with Crippen LogP contribution in [0.3, 0.4) is 0 Å². The highest BCUT2D eigenvalue weighted by molar-refractivity contribution is 9.10. The van der Waals surface area contributed by atoms with Crippen molar-refractivity contribution < 1.29 is 27.5 Å². The van der Waals surface area contributed by atoms with Gasteiger partial charge in [-0.25, -0.2) is 8.42 Å². The first kappa shape index (κ1) is 35.0. The average molecular weight is 735 g/mol. The van der Waals surface area contributed by atoms with E-state index in [4.69, 9.17) is 9.47 Å². The van der Waals surface area contributed by atoms with Crippen molar-refractivity contribution in [2.24, 2.45) is 0 Å². The Bertz CT molecular complexity index is 1780. The maximum absolute atomic E-state index is 14.7. The summed E-state index contributed by atoms with van der Waals surface area (Å²) in [4.78, 5) is 30.2. The van der Waals surface area contributed by atoms with Crippen LogP contribution in [0, 0.1) is 0 Å². The summed E-state index contributed by atoms with van der Waals surface area (Å²) in [5.41, 5.74) is 1.99. The van der Waals surface area contributed by atoms with Gasteiger partial charge in [-0.2, -0.15) is 0 Å². The molecule has 1 unspecified atom stereocenters. The number of nitrogens with one attached hydrogen (secondary N) is 1. The van der Waals surface area contributed by atoms with Gasteiger partial charge in [0.1, 0.15) is 12.6 Å². The van der Waals surface area contributed by atoms with E-state index in [9.17, 15) is 18.0 Å². The molecular weight excluding hydrogens is 694 g/mol. The van der Waals surface area contributed by atoms with Crippen molar-refractivity contribution in [3.63, 3.8) is 0 Å². The number of amides is 2. The van der Waals surface area contributed by atoms with Crippen LogP contribution >= 0.6 is 15.9 Å². The third-order valence-electron chi connectivity index (χ3n) is 8.50. The lowest BCUT2D eigenvalue weighted by Gasteiger charge is -2.34. The molecule has 11 heteroatoms. The van der Waals surface area contributed by atoms with Crippen LogP contribution in [0.2, 0.25) is 0 Å². The zero-order valence-electron chi connectivity index (χ0n) is 27.0. The minimum absolute atomic E-state index is 0.0339. The van der Waals surface area contributed by atoms with Crippen molar-refractivity contribution in [1.29, 1.82) is 0 Å². The molecule has 0 bridgehead atoms. The lowest BCUT2D eigenvalue weighted by molar-refractivity contribution is -0.140. The molecule has 0 aliphatic heterocycles. The Morgan fingerprint density at radius 3 is 2.08 bits per heavy atom. The number of para-hydroxylation sites is 1. The fraction of sp³-hybridized carbons (Fsp3) is 0.297. The van der Waals surface area contributed by atoms with Crippen molar-refractivity contribution in [2.75, 3.05) is 25.1 Å². The normalized spacial score (nSPS) is 13.8. The summed E-state index contributed by atoms with van der Waals surface area (Å²) >= 11 is 3.47. The molecule has 1 saturated carbocycles. The van der Waals surface area contributed by atoms with Crippen molar-refractivity contribution in [2.45, 2.75) is 55.6 Å². The van der Waals surface area contributed by atoms with Crippen LogP contribution in [0.15, 0.2) is 112 Å². The number of benzene rings is 4. The minimum atomic E-state index is -4.30. The molecular formula is C37H40BrN3O6S. The van der Waals surface area contributed by atoms with E-state index in [0.29, 0.717) is 11.4 Å².